The first kappa shape index (κ1) is 18.7. The Morgan fingerprint density at radius 2 is 1.83 bits per heavy atom. The minimum Gasteiger partial charge on any atom is -0.493 e. The van der Waals surface area contributed by atoms with Gasteiger partial charge in [0.1, 0.15) is 5.69 Å². The monoisotopic (exact) mass is 390 g/mol. The highest BCUT2D eigenvalue weighted by Gasteiger charge is 2.26. The van der Waals surface area contributed by atoms with Gasteiger partial charge in [0, 0.05) is 29.7 Å². The number of aryl methyl sites for hydroxylation is 1. The van der Waals surface area contributed by atoms with Crippen LogP contribution in [0.2, 0.25) is 0 Å². The van der Waals surface area contributed by atoms with E-state index in [2.05, 4.69) is 21.4 Å². The lowest BCUT2D eigenvalue weighted by molar-refractivity contribution is 0.0984. The van der Waals surface area contributed by atoms with Crippen molar-refractivity contribution in [1.82, 2.24) is 9.97 Å². The third kappa shape index (κ3) is 3.71. The fraction of sp³-hybridized carbons (Fsp3) is 0.227. The number of aromatic nitrogens is 2. The first-order valence-electron chi connectivity index (χ1n) is 9.33. The van der Waals surface area contributed by atoms with Gasteiger partial charge in [-0.05, 0) is 43.2 Å². The molecule has 1 aliphatic rings. The van der Waals surface area contributed by atoms with Crippen LogP contribution in [0.15, 0.2) is 48.5 Å². The number of nitrogens with one attached hydrogen (secondary N) is 1. The van der Waals surface area contributed by atoms with Crippen LogP contribution >= 0.6 is 0 Å². The molecule has 0 bridgehead atoms. The number of methoxy groups -OCH3 is 2. The number of nitrogens with zero attached hydrogens (tertiary/aromatic N) is 3. The van der Waals surface area contributed by atoms with Crippen LogP contribution in [0.1, 0.15) is 21.7 Å². The molecule has 1 N–H and O–H groups in total. The highest BCUT2D eigenvalue weighted by atomic mass is 16.5. The molecular weight excluding hydrogens is 368 g/mol. The molecule has 0 radical (unpaired) electrons. The number of hydrogen-bond donors (Lipinski definition) is 1. The van der Waals surface area contributed by atoms with Crippen molar-refractivity contribution in [2.75, 3.05) is 31.0 Å². The predicted octanol–water partition coefficient (Wildman–Crippen LogP) is 3.75. The van der Waals surface area contributed by atoms with E-state index in [0.717, 1.165) is 17.8 Å². The molecule has 7 heteroatoms. The summed E-state index contributed by atoms with van der Waals surface area (Å²) >= 11 is 0. The van der Waals surface area contributed by atoms with Gasteiger partial charge in [-0.25, -0.2) is 9.97 Å². The maximum absolute atomic E-state index is 13.1. The van der Waals surface area contributed by atoms with Crippen molar-refractivity contribution >= 4 is 23.2 Å². The fourth-order valence-corrected chi connectivity index (χ4v) is 3.46. The smallest absolute Gasteiger partial charge is 0.277 e. The number of fused-ring (bicyclic) bond motifs is 1. The number of amides is 1. The van der Waals surface area contributed by atoms with Crippen molar-refractivity contribution in [3.8, 4) is 11.5 Å². The summed E-state index contributed by atoms with van der Waals surface area (Å²) in [6.45, 7) is 2.50. The van der Waals surface area contributed by atoms with Crippen molar-refractivity contribution < 1.29 is 14.3 Å². The fourth-order valence-electron chi connectivity index (χ4n) is 3.46. The summed E-state index contributed by atoms with van der Waals surface area (Å²) in [5.74, 6) is 1.45. The Balaban J connectivity index is 1.61. The second-order valence-electron chi connectivity index (χ2n) is 6.75. The van der Waals surface area contributed by atoms with E-state index in [4.69, 9.17) is 9.47 Å². The van der Waals surface area contributed by atoms with Crippen molar-refractivity contribution in [2.24, 2.45) is 0 Å². The van der Waals surface area contributed by atoms with Gasteiger partial charge < -0.3 is 19.7 Å². The van der Waals surface area contributed by atoms with Crippen LogP contribution in [0.3, 0.4) is 0 Å². The van der Waals surface area contributed by atoms with Crippen LogP contribution in [0.5, 0.6) is 11.5 Å². The van der Waals surface area contributed by atoms with E-state index in [0.29, 0.717) is 35.4 Å². The average molecular weight is 390 g/mol. The Hall–Kier alpha value is -3.61. The molecule has 7 nitrogen and oxygen atoms in total. The lowest BCUT2D eigenvalue weighted by atomic mass is 10.2. The summed E-state index contributed by atoms with van der Waals surface area (Å²) in [5.41, 5.74) is 3.92. The van der Waals surface area contributed by atoms with Crippen molar-refractivity contribution in [3.63, 3.8) is 0 Å². The lowest BCUT2D eigenvalue weighted by Crippen LogP contribution is -2.30. The molecule has 0 spiro atoms. The van der Waals surface area contributed by atoms with Gasteiger partial charge in [0.25, 0.3) is 5.91 Å². The maximum Gasteiger partial charge on any atom is 0.277 e. The lowest BCUT2D eigenvalue weighted by Gasteiger charge is -2.17. The van der Waals surface area contributed by atoms with Gasteiger partial charge in [-0.2, -0.15) is 0 Å². The van der Waals surface area contributed by atoms with Crippen LogP contribution in [-0.2, 0) is 6.42 Å². The third-order valence-electron chi connectivity index (χ3n) is 4.85. The molecule has 0 saturated heterocycles. The van der Waals surface area contributed by atoms with E-state index in [1.54, 1.807) is 37.3 Å². The number of carbonyl (C=O) groups excluding carboxylic acids is 1. The normalized spacial score (nSPS) is 12.4. The van der Waals surface area contributed by atoms with Crippen LogP contribution in [0, 0.1) is 6.92 Å². The van der Waals surface area contributed by atoms with Gasteiger partial charge >= 0.3 is 0 Å². The van der Waals surface area contributed by atoms with Crippen molar-refractivity contribution in [3.05, 3.63) is 65.5 Å². The SMILES string of the molecule is COc1ccc(Nc2nc(C)cc(C(=O)N3CCc4ccccc43)n2)cc1OC. The van der Waals surface area contributed by atoms with Crippen LogP contribution in [0.4, 0.5) is 17.3 Å². The van der Waals surface area contributed by atoms with Crippen LogP contribution < -0.4 is 19.7 Å². The molecular formula is C22H22N4O3. The molecule has 0 fully saturated rings. The molecule has 0 saturated carbocycles. The number of ether oxygens (including phenoxy) is 2. The van der Waals surface area contributed by atoms with Crippen molar-refractivity contribution in [2.45, 2.75) is 13.3 Å². The molecule has 29 heavy (non-hydrogen) atoms. The first-order valence-corrected chi connectivity index (χ1v) is 9.33. The number of benzene rings is 2. The summed E-state index contributed by atoms with van der Waals surface area (Å²) in [6, 6.07) is 15.1. The molecule has 2 heterocycles. The molecule has 4 rings (SSSR count). The minimum atomic E-state index is -0.129. The number of hydrogen-bond acceptors (Lipinski definition) is 6. The number of para-hydroxylation sites is 1. The zero-order valence-corrected chi connectivity index (χ0v) is 16.6. The average Bonchev–Trinajstić information content (AvgIpc) is 3.16. The minimum absolute atomic E-state index is 0.129. The third-order valence-corrected chi connectivity index (χ3v) is 4.85. The largest absolute Gasteiger partial charge is 0.493 e. The zero-order valence-electron chi connectivity index (χ0n) is 16.6. The van der Waals surface area contributed by atoms with Gasteiger partial charge in [-0.3, -0.25) is 4.79 Å². The molecule has 148 valence electrons. The quantitative estimate of drug-likeness (QED) is 0.715. The summed E-state index contributed by atoms with van der Waals surface area (Å²) in [5, 5.41) is 3.15. The van der Waals surface area contributed by atoms with E-state index in [1.807, 2.05) is 31.2 Å². The molecule has 3 aromatic rings. The summed E-state index contributed by atoms with van der Waals surface area (Å²) in [6.07, 6.45) is 0.850. The highest BCUT2D eigenvalue weighted by molar-refractivity contribution is 6.06. The predicted molar refractivity (Wildman–Crippen MR) is 111 cm³/mol. The highest BCUT2D eigenvalue weighted by Crippen LogP contribution is 2.31. The topological polar surface area (TPSA) is 76.6 Å². The Labute approximate surface area is 169 Å². The molecule has 0 atom stereocenters. The van der Waals surface area contributed by atoms with Gasteiger partial charge in [0.15, 0.2) is 11.5 Å². The molecule has 2 aromatic carbocycles. The summed E-state index contributed by atoms with van der Waals surface area (Å²) < 4.78 is 10.6. The molecule has 1 aliphatic heterocycles. The Bertz CT molecular complexity index is 1070. The van der Waals surface area contributed by atoms with Gasteiger partial charge in [0.05, 0.1) is 14.2 Å². The van der Waals surface area contributed by atoms with Gasteiger partial charge in [-0.1, -0.05) is 18.2 Å². The Morgan fingerprint density at radius 3 is 2.62 bits per heavy atom. The number of anilines is 3. The zero-order chi connectivity index (χ0) is 20.4. The first-order chi connectivity index (χ1) is 14.1. The van der Waals surface area contributed by atoms with E-state index in [1.165, 1.54) is 5.56 Å². The maximum atomic E-state index is 13.1. The van der Waals surface area contributed by atoms with E-state index >= 15 is 0 Å². The standard InChI is InChI=1S/C22H22N4O3/c1-14-12-17(21(27)26-11-10-15-6-4-5-7-18(15)26)25-22(23-14)24-16-8-9-19(28-2)20(13-16)29-3/h4-9,12-13H,10-11H2,1-3H3,(H,23,24,25). The van der Waals surface area contributed by atoms with E-state index in [-0.39, 0.29) is 5.91 Å². The van der Waals surface area contributed by atoms with E-state index in [9.17, 15) is 4.79 Å². The van der Waals surface area contributed by atoms with E-state index < -0.39 is 0 Å². The molecule has 1 aromatic heterocycles. The second kappa shape index (κ2) is 7.79. The number of rotatable bonds is 5. The van der Waals surface area contributed by atoms with Gasteiger partial charge in [-0.15, -0.1) is 0 Å². The Kier molecular flexibility index (Phi) is 5.03. The molecule has 1 amide bonds. The summed E-state index contributed by atoms with van der Waals surface area (Å²) in [4.78, 5) is 23.8. The molecule has 0 aliphatic carbocycles. The van der Waals surface area contributed by atoms with Gasteiger partial charge in [0.2, 0.25) is 5.95 Å². The second-order valence-corrected chi connectivity index (χ2v) is 6.75. The number of carbonyl (C=O) groups is 1. The molecule has 0 unspecified atom stereocenters. The summed E-state index contributed by atoms with van der Waals surface area (Å²) in [7, 11) is 3.17. The van der Waals surface area contributed by atoms with Crippen LogP contribution in [-0.4, -0.2) is 36.6 Å². The van der Waals surface area contributed by atoms with Crippen molar-refractivity contribution in [1.29, 1.82) is 0 Å². The van der Waals surface area contributed by atoms with Crippen LogP contribution in [0.25, 0.3) is 0 Å². The Morgan fingerprint density at radius 1 is 1.03 bits per heavy atom.